The second-order valence-corrected chi connectivity index (χ2v) is 7.42. The lowest BCUT2D eigenvalue weighted by molar-refractivity contribution is -0.116. The van der Waals surface area contributed by atoms with Gasteiger partial charge in [-0.1, -0.05) is 60.7 Å². The van der Waals surface area contributed by atoms with Crippen LogP contribution in [-0.2, 0) is 11.2 Å². The molecule has 6 heteroatoms. The smallest absolute Gasteiger partial charge is 0.224 e. The normalized spacial score (nSPS) is 12.4. The number of rotatable bonds is 6. The maximum Gasteiger partial charge on any atom is 0.224 e. The summed E-state index contributed by atoms with van der Waals surface area (Å²) in [6.45, 7) is 1.03. The molecule has 0 atom stereocenters. The van der Waals surface area contributed by atoms with Crippen molar-refractivity contribution in [2.75, 3.05) is 18.5 Å². The highest BCUT2D eigenvalue weighted by Crippen LogP contribution is 2.34. The van der Waals surface area contributed by atoms with E-state index in [9.17, 15) is 4.79 Å². The molecule has 160 valence electrons. The molecule has 0 spiro atoms. The number of fused-ring (bicyclic) bond motifs is 1. The predicted octanol–water partition coefficient (Wildman–Crippen LogP) is 5.35. The Morgan fingerprint density at radius 1 is 0.844 bits per heavy atom. The van der Waals surface area contributed by atoms with Gasteiger partial charge in [0, 0.05) is 35.7 Å². The number of carbonyl (C=O) groups is 1. The third-order valence-electron chi connectivity index (χ3n) is 5.15. The van der Waals surface area contributed by atoms with Crippen LogP contribution in [0.5, 0.6) is 11.5 Å². The van der Waals surface area contributed by atoms with Gasteiger partial charge in [0.15, 0.2) is 23.1 Å². The zero-order valence-electron chi connectivity index (χ0n) is 17.4. The quantitative estimate of drug-likeness (QED) is 0.450. The largest absolute Gasteiger partial charge is 0.486 e. The summed E-state index contributed by atoms with van der Waals surface area (Å²) in [7, 11) is 0. The van der Waals surface area contributed by atoms with Crippen LogP contribution in [0, 0.1) is 0 Å². The van der Waals surface area contributed by atoms with Gasteiger partial charge in [0.05, 0.1) is 0 Å². The van der Waals surface area contributed by atoms with Gasteiger partial charge in [0.25, 0.3) is 0 Å². The third kappa shape index (κ3) is 4.34. The number of oxazole rings is 1. The number of benzene rings is 3. The molecule has 2 heterocycles. The van der Waals surface area contributed by atoms with Gasteiger partial charge in [-0.25, -0.2) is 4.98 Å². The standard InChI is InChI=1S/C26H22N2O4/c29-23(27-20-11-12-21-22(17-20)31-16-15-30-21)13-14-24-28-25(18-7-3-1-4-8-18)26(32-24)19-9-5-2-6-10-19/h1-12,17H,13-16H2,(H,27,29). The van der Waals surface area contributed by atoms with E-state index in [4.69, 9.17) is 18.9 Å². The third-order valence-corrected chi connectivity index (χ3v) is 5.15. The summed E-state index contributed by atoms with van der Waals surface area (Å²) in [6.07, 6.45) is 0.639. The van der Waals surface area contributed by atoms with Gasteiger partial charge in [-0.3, -0.25) is 4.79 Å². The lowest BCUT2D eigenvalue weighted by Gasteiger charge is -2.18. The Bertz CT molecular complexity index is 1160. The van der Waals surface area contributed by atoms with Crippen LogP contribution in [0.25, 0.3) is 22.6 Å². The van der Waals surface area contributed by atoms with Crippen molar-refractivity contribution in [2.45, 2.75) is 12.8 Å². The Labute approximate surface area is 185 Å². The van der Waals surface area contributed by atoms with Crippen molar-refractivity contribution in [1.29, 1.82) is 0 Å². The minimum Gasteiger partial charge on any atom is -0.486 e. The van der Waals surface area contributed by atoms with Crippen molar-refractivity contribution >= 4 is 11.6 Å². The van der Waals surface area contributed by atoms with Crippen molar-refractivity contribution in [3.8, 4) is 34.1 Å². The van der Waals surface area contributed by atoms with Gasteiger partial charge >= 0.3 is 0 Å². The molecule has 0 saturated carbocycles. The highest BCUT2D eigenvalue weighted by Gasteiger charge is 2.18. The Kier molecular flexibility index (Phi) is 5.58. The van der Waals surface area contributed by atoms with Gasteiger partial charge in [0.2, 0.25) is 5.91 Å². The summed E-state index contributed by atoms with van der Waals surface area (Å²) in [5, 5.41) is 2.90. The van der Waals surface area contributed by atoms with E-state index in [1.54, 1.807) is 18.2 Å². The fourth-order valence-corrected chi connectivity index (χ4v) is 3.61. The Morgan fingerprint density at radius 2 is 1.53 bits per heavy atom. The number of nitrogens with one attached hydrogen (secondary N) is 1. The van der Waals surface area contributed by atoms with E-state index < -0.39 is 0 Å². The average molecular weight is 426 g/mol. The Balaban J connectivity index is 1.31. The number of nitrogens with zero attached hydrogens (tertiary/aromatic N) is 1. The molecule has 6 nitrogen and oxygen atoms in total. The van der Waals surface area contributed by atoms with E-state index in [2.05, 4.69) is 5.32 Å². The number of ether oxygens (including phenoxy) is 2. The molecular weight excluding hydrogens is 404 g/mol. The molecule has 0 radical (unpaired) electrons. The highest BCUT2D eigenvalue weighted by molar-refractivity contribution is 5.91. The van der Waals surface area contributed by atoms with Gasteiger partial charge in [-0.05, 0) is 12.1 Å². The maximum absolute atomic E-state index is 12.5. The summed E-state index contributed by atoms with van der Waals surface area (Å²) in [5.41, 5.74) is 3.37. The molecule has 5 rings (SSSR count). The number of carbonyl (C=O) groups excluding carboxylic acids is 1. The molecule has 3 aromatic carbocycles. The molecule has 0 bridgehead atoms. The molecule has 1 aromatic heterocycles. The lowest BCUT2D eigenvalue weighted by atomic mass is 10.1. The van der Waals surface area contributed by atoms with Crippen LogP contribution in [0.15, 0.2) is 83.3 Å². The molecule has 1 N–H and O–H groups in total. The topological polar surface area (TPSA) is 73.6 Å². The maximum atomic E-state index is 12.5. The van der Waals surface area contributed by atoms with Crippen LogP contribution in [0.2, 0.25) is 0 Å². The van der Waals surface area contributed by atoms with Crippen LogP contribution in [0.4, 0.5) is 5.69 Å². The first-order valence-corrected chi connectivity index (χ1v) is 10.6. The number of hydrogen-bond donors (Lipinski definition) is 1. The molecule has 0 fully saturated rings. The summed E-state index contributed by atoms with van der Waals surface area (Å²) < 4.78 is 17.2. The summed E-state index contributed by atoms with van der Waals surface area (Å²) >= 11 is 0. The molecule has 0 unspecified atom stereocenters. The molecule has 0 aliphatic carbocycles. The summed E-state index contributed by atoms with van der Waals surface area (Å²) in [5.74, 6) is 2.44. The summed E-state index contributed by atoms with van der Waals surface area (Å²) in [6, 6.07) is 25.2. The molecule has 4 aromatic rings. The lowest BCUT2D eigenvalue weighted by Crippen LogP contribution is -2.16. The molecule has 1 aliphatic heterocycles. The first-order chi connectivity index (χ1) is 15.8. The number of anilines is 1. The minimum absolute atomic E-state index is 0.123. The fourth-order valence-electron chi connectivity index (χ4n) is 3.61. The van der Waals surface area contributed by atoms with Crippen LogP contribution in [-0.4, -0.2) is 24.1 Å². The van der Waals surface area contributed by atoms with Crippen molar-refractivity contribution < 1.29 is 18.7 Å². The second kappa shape index (κ2) is 8.98. The Morgan fingerprint density at radius 3 is 2.28 bits per heavy atom. The van der Waals surface area contributed by atoms with E-state index in [1.807, 2.05) is 60.7 Å². The van der Waals surface area contributed by atoms with Crippen molar-refractivity contribution in [3.05, 3.63) is 84.8 Å². The van der Waals surface area contributed by atoms with E-state index >= 15 is 0 Å². The van der Waals surface area contributed by atoms with E-state index in [1.165, 1.54) is 0 Å². The monoisotopic (exact) mass is 426 g/mol. The number of aromatic nitrogens is 1. The van der Waals surface area contributed by atoms with Crippen LogP contribution in [0.1, 0.15) is 12.3 Å². The van der Waals surface area contributed by atoms with Crippen molar-refractivity contribution in [3.63, 3.8) is 0 Å². The second-order valence-electron chi connectivity index (χ2n) is 7.42. The zero-order chi connectivity index (χ0) is 21.8. The van der Waals surface area contributed by atoms with Gasteiger partial charge in [-0.15, -0.1) is 0 Å². The minimum atomic E-state index is -0.123. The van der Waals surface area contributed by atoms with Gasteiger partial charge in [-0.2, -0.15) is 0 Å². The molecule has 0 saturated heterocycles. The number of amides is 1. The zero-order valence-corrected chi connectivity index (χ0v) is 17.4. The van der Waals surface area contributed by atoms with Crippen molar-refractivity contribution in [2.24, 2.45) is 0 Å². The summed E-state index contributed by atoms with van der Waals surface area (Å²) in [4.78, 5) is 17.2. The molecular formula is C26H22N2O4. The van der Waals surface area contributed by atoms with E-state index in [-0.39, 0.29) is 12.3 Å². The van der Waals surface area contributed by atoms with E-state index in [0.29, 0.717) is 48.5 Å². The first-order valence-electron chi connectivity index (χ1n) is 10.6. The van der Waals surface area contributed by atoms with Crippen LogP contribution < -0.4 is 14.8 Å². The predicted molar refractivity (Wildman–Crippen MR) is 122 cm³/mol. The first kappa shape index (κ1) is 19.9. The van der Waals surface area contributed by atoms with Crippen LogP contribution in [0.3, 0.4) is 0 Å². The average Bonchev–Trinajstić information content (AvgIpc) is 3.28. The fraction of sp³-hybridized carbons (Fsp3) is 0.154. The number of hydrogen-bond acceptors (Lipinski definition) is 5. The Hall–Kier alpha value is -4.06. The highest BCUT2D eigenvalue weighted by atomic mass is 16.6. The van der Waals surface area contributed by atoms with Crippen LogP contribution >= 0.6 is 0 Å². The van der Waals surface area contributed by atoms with Gasteiger partial charge < -0.3 is 19.2 Å². The van der Waals surface area contributed by atoms with Crippen molar-refractivity contribution in [1.82, 2.24) is 4.98 Å². The van der Waals surface area contributed by atoms with Gasteiger partial charge in [0.1, 0.15) is 18.9 Å². The van der Waals surface area contributed by atoms with E-state index in [0.717, 1.165) is 16.8 Å². The molecule has 32 heavy (non-hydrogen) atoms. The number of aryl methyl sites for hydroxylation is 1. The SMILES string of the molecule is O=C(CCc1nc(-c2ccccc2)c(-c2ccccc2)o1)Nc1ccc2c(c1)OCCO2. The molecule has 1 amide bonds. The molecule has 1 aliphatic rings.